The molecule has 0 bridgehead atoms. The molecule has 4 nitrogen and oxygen atoms in total. The van der Waals surface area contributed by atoms with Crippen LogP contribution in [0.3, 0.4) is 0 Å². The fourth-order valence-electron chi connectivity index (χ4n) is 2.00. The van der Waals surface area contributed by atoms with E-state index in [1.54, 1.807) is 12.1 Å². The van der Waals surface area contributed by atoms with Crippen LogP contribution in [0, 0.1) is 5.41 Å². The average molecular weight is 220 g/mol. The van der Waals surface area contributed by atoms with Gasteiger partial charge in [-0.3, -0.25) is 4.79 Å². The summed E-state index contributed by atoms with van der Waals surface area (Å²) in [5.74, 6) is -0.211. The minimum Gasteiger partial charge on any atom is -0.469 e. The normalized spacial score (nSPS) is 18.9. The zero-order valence-corrected chi connectivity index (χ0v) is 9.27. The van der Waals surface area contributed by atoms with Crippen molar-refractivity contribution < 1.29 is 9.53 Å². The molecular formula is C12H16N2O2. The summed E-state index contributed by atoms with van der Waals surface area (Å²) in [5, 5.41) is 0. The van der Waals surface area contributed by atoms with E-state index in [-0.39, 0.29) is 12.0 Å². The molecule has 86 valence electrons. The highest BCUT2D eigenvalue weighted by Crippen LogP contribution is 2.54. The maximum absolute atomic E-state index is 11.7. The third kappa shape index (κ3) is 1.65. The van der Waals surface area contributed by atoms with E-state index in [0.717, 1.165) is 18.4 Å². The molecule has 1 fully saturated rings. The maximum atomic E-state index is 11.7. The Hall–Kier alpha value is -1.55. The highest BCUT2D eigenvalue weighted by molar-refractivity contribution is 5.81. The van der Waals surface area contributed by atoms with Crippen LogP contribution in [0.25, 0.3) is 0 Å². The molecule has 1 aliphatic carbocycles. The highest BCUT2D eigenvalue weighted by atomic mass is 16.5. The Morgan fingerprint density at radius 1 is 1.38 bits per heavy atom. The van der Waals surface area contributed by atoms with E-state index in [1.807, 2.05) is 12.1 Å². The number of nitrogen functional groups attached to an aromatic ring is 1. The van der Waals surface area contributed by atoms with Gasteiger partial charge >= 0.3 is 5.97 Å². The highest BCUT2D eigenvalue weighted by Gasteiger charge is 2.56. The zero-order valence-electron chi connectivity index (χ0n) is 9.27. The minimum atomic E-state index is -0.509. The number of ether oxygens (including phenoxy) is 1. The van der Waals surface area contributed by atoms with Crippen molar-refractivity contribution in [3.63, 3.8) is 0 Å². The zero-order chi connectivity index (χ0) is 11.8. The third-order valence-corrected chi connectivity index (χ3v) is 3.27. The van der Waals surface area contributed by atoms with Crippen LogP contribution in [0.5, 0.6) is 0 Å². The third-order valence-electron chi connectivity index (χ3n) is 3.27. The predicted octanol–water partition coefficient (Wildman–Crippen LogP) is 1.22. The number of carbonyl (C=O) groups is 1. The lowest BCUT2D eigenvalue weighted by molar-refractivity contribution is -0.148. The summed E-state index contributed by atoms with van der Waals surface area (Å²) >= 11 is 0. The van der Waals surface area contributed by atoms with E-state index in [4.69, 9.17) is 16.2 Å². The van der Waals surface area contributed by atoms with Crippen LogP contribution < -0.4 is 11.5 Å². The first-order chi connectivity index (χ1) is 7.60. The van der Waals surface area contributed by atoms with Crippen molar-refractivity contribution in [3.8, 4) is 0 Å². The summed E-state index contributed by atoms with van der Waals surface area (Å²) in [6.07, 6.45) is 1.59. The first-order valence-electron chi connectivity index (χ1n) is 5.29. The van der Waals surface area contributed by atoms with Gasteiger partial charge in [0.25, 0.3) is 0 Å². The molecule has 1 atom stereocenters. The molecule has 4 N–H and O–H groups in total. The van der Waals surface area contributed by atoms with Crippen molar-refractivity contribution in [1.29, 1.82) is 0 Å². The Balaban J connectivity index is 2.22. The van der Waals surface area contributed by atoms with Crippen LogP contribution in [0.15, 0.2) is 24.3 Å². The van der Waals surface area contributed by atoms with Gasteiger partial charge in [-0.1, -0.05) is 12.1 Å². The summed E-state index contributed by atoms with van der Waals surface area (Å²) in [6, 6.07) is 7.01. The smallest absolute Gasteiger partial charge is 0.313 e. The van der Waals surface area contributed by atoms with E-state index in [0.29, 0.717) is 5.69 Å². The Morgan fingerprint density at radius 3 is 2.38 bits per heavy atom. The van der Waals surface area contributed by atoms with E-state index in [1.165, 1.54) is 7.11 Å². The molecule has 1 aromatic rings. The van der Waals surface area contributed by atoms with Gasteiger partial charge in [0.2, 0.25) is 0 Å². The van der Waals surface area contributed by atoms with Crippen molar-refractivity contribution >= 4 is 11.7 Å². The summed E-state index contributed by atoms with van der Waals surface area (Å²) in [4.78, 5) is 11.7. The molecule has 2 rings (SSSR count). The number of hydrogen-bond acceptors (Lipinski definition) is 4. The van der Waals surface area contributed by atoms with Gasteiger partial charge in [0, 0.05) is 11.7 Å². The fraction of sp³-hybridized carbons (Fsp3) is 0.417. The van der Waals surface area contributed by atoms with Crippen LogP contribution in [0.1, 0.15) is 24.4 Å². The van der Waals surface area contributed by atoms with Gasteiger partial charge < -0.3 is 16.2 Å². The maximum Gasteiger partial charge on any atom is 0.313 e. The van der Waals surface area contributed by atoms with Gasteiger partial charge in [0.1, 0.15) is 0 Å². The van der Waals surface area contributed by atoms with Gasteiger partial charge in [0.05, 0.1) is 12.5 Å². The average Bonchev–Trinajstić information content (AvgIpc) is 3.09. The van der Waals surface area contributed by atoms with Crippen LogP contribution in [0.2, 0.25) is 0 Å². The lowest BCUT2D eigenvalue weighted by atomic mass is 9.91. The number of carbonyl (C=O) groups excluding carboxylic acids is 1. The Kier molecular flexibility index (Phi) is 2.59. The van der Waals surface area contributed by atoms with Crippen molar-refractivity contribution in [2.75, 3.05) is 12.8 Å². The molecule has 0 amide bonds. The van der Waals surface area contributed by atoms with Crippen LogP contribution in [-0.4, -0.2) is 13.1 Å². The number of methoxy groups -OCH3 is 1. The Morgan fingerprint density at radius 2 is 1.94 bits per heavy atom. The summed E-state index contributed by atoms with van der Waals surface area (Å²) in [6.45, 7) is 0. The first-order valence-corrected chi connectivity index (χ1v) is 5.29. The SMILES string of the molecule is COC(=O)C1(C(N)c2ccc(N)cc2)CC1. The molecule has 1 aromatic carbocycles. The van der Waals surface area contributed by atoms with Crippen LogP contribution >= 0.6 is 0 Å². The number of esters is 1. The second-order valence-corrected chi connectivity index (χ2v) is 4.29. The fourth-order valence-corrected chi connectivity index (χ4v) is 2.00. The number of benzene rings is 1. The molecule has 1 saturated carbocycles. The van der Waals surface area contributed by atoms with Crippen LogP contribution in [-0.2, 0) is 9.53 Å². The molecule has 0 aromatic heterocycles. The number of rotatable bonds is 3. The predicted molar refractivity (Wildman–Crippen MR) is 61.5 cm³/mol. The van der Waals surface area contributed by atoms with Crippen LogP contribution in [0.4, 0.5) is 5.69 Å². The Labute approximate surface area is 94.6 Å². The molecule has 0 radical (unpaired) electrons. The van der Waals surface area contributed by atoms with E-state index in [9.17, 15) is 4.79 Å². The second kappa shape index (κ2) is 3.79. The molecule has 1 aliphatic rings. The van der Waals surface area contributed by atoms with Crippen molar-refractivity contribution in [2.45, 2.75) is 18.9 Å². The van der Waals surface area contributed by atoms with E-state index >= 15 is 0 Å². The van der Waals surface area contributed by atoms with E-state index < -0.39 is 5.41 Å². The molecule has 0 aliphatic heterocycles. The first kappa shape index (κ1) is 11.0. The summed E-state index contributed by atoms with van der Waals surface area (Å²) in [5.41, 5.74) is 12.8. The molecule has 1 unspecified atom stereocenters. The summed E-state index contributed by atoms with van der Waals surface area (Å²) in [7, 11) is 1.40. The minimum absolute atomic E-state index is 0.211. The van der Waals surface area contributed by atoms with Crippen molar-refractivity contribution in [1.82, 2.24) is 0 Å². The standard InChI is InChI=1S/C12H16N2O2/c1-16-11(15)12(6-7-12)10(14)8-2-4-9(13)5-3-8/h2-5,10H,6-7,13-14H2,1H3. The molecule has 0 heterocycles. The van der Waals surface area contributed by atoms with Crippen molar-refractivity contribution in [2.24, 2.45) is 11.1 Å². The van der Waals surface area contributed by atoms with Gasteiger partial charge in [0.15, 0.2) is 0 Å². The summed E-state index contributed by atoms with van der Waals surface area (Å²) < 4.78 is 4.80. The monoisotopic (exact) mass is 220 g/mol. The largest absolute Gasteiger partial charge is 0.469 e. The number of hydrogen-bond donors (Lipinski definition) is 2. The topological polar surface area (TPSA) is 78.3 Å². The van der Waals surface area contributed by atoms with Crippen molar-refractivity contribution in [3.05, 3.63) is 29.8 Å². The molecule has 0 spiro atoms. The van der Waals surface area contributed by atoms with Gasteiger partial charge in [-0.2, -0.15) is 0 Å². The van der Waals surface area contributed by atoms with Gasteiger partial charge in [-0.25, -0.2) is 0 Å². The lowest BCUT2D eigenvalue weighted by Crippen LogP contribution is -2.31. The molecule has 16 heavy (non-hydrogen) atoms. The second-order valence-electron chi connectivity index (χ2n) is 4.29. The molecular weight excluding hydrogens is 204 g/mol. The quantitative estimate of drug-likeness (QED) is 0.593. The molecule has 4 heteroatoms. The molecule has 0 saturated heterocycles. The van der Waals surface area contributed by atoms with Gasteiger partial charge in [-0.15, -0.1) is 0 Å². The number of nitrogens with two attached hydrogens (primary N) is 2. The Bertz CT molecular complexity index is 396. The number of anilines is 1. The lowest BCUT2D eigenvalue weighted by Gasteiger charge is -2.21. The van der Waals surface area contributed by atoms with Gasteiger partial charge in [-0.05, 0) is 30.5 Å². The van der Waals surface area contributed by atoms with E-state index in [2.05, 4.69) is 0 Å².